The van der Waals surface area contributed by atoms with E-state index in [4.69, 9.17) is 10.00 Å². The molecule has 0 radical (unpaired) electrons. The molecule has 21 heavy (non-hydrogen) atoms. The summed E-state index contributed by atoms with van der Waals surface area (Å²) >= 11 is 0. The van der Waals surface area contributed by atoms with E-state index in [-0.39, 0.29) is 5.97 Å². The summed E-state index contributed by atoms with van der Waals surface area (Å²) in [6.45, 7) is 2.11. The van der Waals surface area contributed by atoms with Crippen molar-refractivity contribution in [2.24, 2.45) is 10.2 Å². The number of ether oxygens (including phenoxy) is 1. The molecule has 2 aromatic carbocycles. The highest BCUT2D eigenvalue weighted by Crippen LogP contribution is 2.19. The molecule has 0 fully saturated rings. The summed E-state index contributed by atoms with van der Waals surface area (Å²) in [5.74, 6) is -0.354. The van der Waals surface area contributed by atoms with Crippen LogP contribution in [0.4, 0.5) is 11.4 Å². The highest BCUT2D eigenvalue weighted by molar-refractivity contribution is 5.89. The van der Waals surface area contributed by atoms with Crippen molar-refractivity contribution in [3.05, 3.63) is 59.7 Å². The Morgan fingerprint density at radius 3 is 2.05 bits per heavy atom. The number of carbonyl (C=O) groups is 1. The third kappa shape index (κ3) is 3.98. The predicted octanol–water partition coefficient (Wildman–Crippen LogP) is 4.15. The number of hydrogen-bond donors (Lipinski definition) is 0. The average Bonchev–Trinajstić information content (AvgIpc) is 2.54. The summed E-state index contributed by atoms with van der Waals surface area (Å²) in [5.41, 5.74) is 2.35. The van der Waals surface area contributed by atoms with Crippen molar-refractivity contribution < 1.29 is 9.53 Å². The molecule has 0 N–H and O–H groups in total. The molecule has 0 bridgehead atoms. The van der Waals surface area contributed by atoms with Gasteiger partial charge in [0, 0.05) is 0 Å². The van der Waals surface area contributed by atoms with Gasteiger partial charge in [-0.1, -0.05) is 0 Å². The lowest BCUT2D eigenvalue weighted by atomic mass is 10.2. The van der Waals surface area contributed by atoms with Crippen LogP contribution in [0.1, 0.15) is 22.8 Å². The van der Waals surface area contributed by atoms with Gasteiger partial charge in [0.15, 0.2) is 0 Å². The number of nitrogens with zero attached hydrogens (tertiary/aromatic N) is 3. The molecule has 0 aromatic heterocycles. The molecule has 0 aliphatic rings. The van der Waals surface area contributed by atoms with Crippen LogP contribution in [0.15, 0.2) is 58.8 Å². The maximum absolute atomic E-state index is 11.5. The molecule has 2 rings (SSSR count). The smallest absolute Gasteiger partial charge is 0.338 e. The summed E-state index contributed by atoms with van der Waals surface area (Å²) in [6, 6.07) is 15.5. The highest BCUT2D eigenvalue weighted by Gasteiger charge is 2.05. The second-order valence-corrected chi connectivity index (χ2v) is 4.13. The zero-order chi connectivity index (χ0) is 15.1. The number of hydrogen-bond acceptors (Lipinski definition) is 5. The molecular weight excluding hydrogens is 266 g/mol. The lowest BCUT2D eigenvalue weighted by Crippen LogP contribution is -2.03. The van der Waals surface area contributed by atoms with E-state index < -0.39 is 0 Å². The van der Waals surface area contributed by atoms with Gasteiger partial charge in [-0.15, -0.1) is 0 Å². The molecule has 0 aliphatic heterocycles. The fraction of sp³-hybridized carbons (Fsp3) is 0.125. The first-order valence-electron chi connectivity index (χ1n) is 6.42. The maximum Gasteiger partial charge on any atom is 0.338 e. The van der Waals surface area contributed by atoms with Gasteiger partial charge in [0.2, 0.25) is 0 Å². The Kier molecular flexibility index (Phi) is 4.78. The van der Waals surface area contributed by atoms with Crippen molar-refractivity contribution in [1.82, 2.24) is 0 Å². The van der Waals surface area contributed by atoms with Gasteiger partial charge >= 0.3 is 5.97 Å². The van der Waals surface area contributed by atoms with Crippen LogP contribution < -0.4 is 0 Å². The highest BCUT2D eigenvalue weighted by atomic mass is 16.5. The van der Waals surface area contributed by atoms with Crippen LogP contribution in [-0.4, -0.2) is 12.6 Å². The molecule has 5 nitrogen and oxygen atoms in total. The van der Waals surface area contributed by atoms with Gasteiger partial charge in [-0.25, -0.2) is 4.79 Å². The first-order chi connectivity index (χ1) is 10.2. The SMILES string of the molecule is CCOC(=O)c1ccc(N=Nc2ccc(C#N)cc2)cc1. The van der Waals surface area contributed by atoms with Crippen LogP contribution in [-0.2, 0) is 4.74 Å². The molecule has 0 saturated heterocycles. The molecule has 0 atom stereocenters. The van der Waals surface area contributed by atoms with E-state index in [2.05, 4.69) is 10.2 Å². The van der Waals surface area contributed by atoms with Crippen LogP contribution in [0.5, 0.6) is 0 Å². The maximum atomic E-state index is 11.5. The first kappa shape index (κ1) is 14.4. The summed E-state index contributed by atoms with van der Waals surface area (Å²) in [4.78, 5) is 11.5. The quantitative estimate of drug-likeness (QED) is 0.623. The summed E-state index contributed by atoms with van der Waals surface area (Å²) in [6.07, 6.45) is 0. The van der Waals surface area contributed by atoms with Gasteiger partial charge in [0.25, 0.3) is 0 Å². The normalized spacial score (nSPS) is 10.3. The topological polar surface area (TPSA) is 74.8 Å². The van der Waals surface area contributed by atoms with Gasteiger partial charge in [-0.2, -0.15) is 15.5 Å². The van der Waals surface area contributed by atoms with E-state index in [1.54, 1.807) is 55.5 Å². The van der Waals surface area contributed by atoms with Crippen molar-refractivity contribution in [2.75, 3.05) is 6.61 Å². The van der Waals surface area contributed by atoms with E-state index in [1.807, 2.05) is 6.07 Å². The Bertz CT molecular complexity index is 683. The molecule has 5 heteroatoms. The largest absolute Gasteiger partial charge is 0.462 e. The summed E-state index contributed by atoms with van der Waals surface area (Å²) in [5, 5.41) is 16.8. The minimum absolute atomic E-state index is 0.346. The average molecular weight is 279 g/mol. The molecule has 104 valence electrons. The number of carbonyl (C=O) groups excluding carboxylic acids is 1. The molecule has 2 aromatic rings. The molecule has 0 unspecified atom stereocenters. The van der Waals surface area contributed by atoms with Gasteiger partial charge in [-0.3, -0.25) is 0 Å². The monoisotopic (exact) mass is 279 g/mol. The van der Waals surface area contributed by atoms with Gasteiger partial charge in [0.1, 0.15) is 0 Å². The lowest BCUT2D eigenvalue weighted by molar-refractivity contribution is 0.0526. The number of esters is 1. The van der Waals surface area contributed by atoms with Crippen molar-refractivity contribution in [3.63, 3.8) is 0 Å². The van der Waals surface area contributed by atoms with E-state index in [1.165, 1.54) is 0 Å². The number of nitriles is 1. The van der Waals surface area contributed by atoms with Gasteiger partial charge in [-0.05, 0) is 55.5 Å². The second kappa shape index (κ2) is 6.96. The molecule has 0 amide bonds. The Hall–Kier alpha value is -3.00. The van der Waals surface area contributed by atoms with Crippen LogP contribution >= 0.6 is 0 Å². The molecule has 0 heterocycles. The van der Waals surface area contributed by atoms with Crippen molar-refractivity contribution in [3.8, 4) is 6.07 Å². The van der Waals surface area contributed by atoms with Crippen molar-refractivity contribution >= 4 is 17.3 Å². The van der Waals surface area contributed by atoms with Gasteiger partial charge in [0.05, 0.1) is 35.2 Å². The lowest BCUT2D eigenvalue weighted by Gasteiger charge is -2.01. The molecule has 0 aliphatic carbocycles. The van der Waals surface area contributed by atoms with Crippen molar-refractivity contribution in [1.29, 1.82) is 5.26 Å². The van der Waals surface area contributed by atoms with Crippen molar-refractivity contribution in [2.45, 2.75) is 6.92 Å². The molecule has 0 saturated carbocycles. The van der Waals surface area contributed by atoms with E-state index >= 15 is 0 Å². The van der Waals surface area contributed by atoms with E-state index in [0.717, 1.165) is 0 Å². The Morgan fingerprint density at radius 2 is 1.57 bits per heavy atom. The fourth-order valence-corrected chi connectivity index (χ4v) is 1.60. The number of azo groups is 1. The van der Waals surface area contributed by atoms with Crippen LogP contribution in [0.25, 0.3) is 0 Å². The minimum Gasteiger partial charge on any atom is -0.462 e. The summed E-state index contributed by atoms with van der Waals surface area (Å²) in [7, 11) is 0. The number of rotatable bonds is 4. The van der Waals surface area contributed by atoms with Crippen LogP contribution in [0, 0.1) is 11.3 Å². The Morgan fingerprint density at radius 1 is 1.05 bits per heavy atom. The fourth-order valence-electron chi connectivity index (χ4n) is 1.60. The number of benzene rings is 2. The second-order valence-electron chi connectivity index (χ2n) is 4.13. The first-order valence-corrected chi connectivity index (χ1v) is 6.42. The van der Waals surface area contributed by atoms with Gasteiger partial charge < -0.3 is 4.74 Å². The molecular formula is C16H13N3O2. The Balaban J connectivity index is 2.07. The minimum atomic E-state index is -0.354. The third-order valence-corrected chi connectivity index (χ3v) is 2.66. The summed E-state index contributed by atoms with van der Waals surface area (Å²) < 4.78 is 4.90. The van der Waals surface area contributed by atoms with E-state index in [0.29, 0.717) is 29.1 Å². The standard InChI is InChI=1S/C16H13N3O2/c1-2-21-16(20)13-5-9-15(10-6-13)19-18-14-7-3-12(11-17)4-8-14/h3-10H,2H2,1H3. The van der Waals surface area contributed by atoms with Crippen LogP contribution in [0.3, 0.4) is 0 Å². The molecule has 0 spiro atoms. The zero-order valence-corrected chi connectivity index (χ0v) is 11.5. The van der Waals surface area contributed by atoms with E-state index in [9.17, 15) is 4.79 Å². The third-order valence-electron chi connectivity index (χ3n) is 2.66. The zero-order valence-electron chi connectivity index (χ0n) is 11.5. The van der Waals surface area contributed by atoms with Crippen LogP contribution in [0.2, 0.25) is 0 Å². The Labute approximate surface area is 122 Å². The predicted molar refractivity (Wildman–Crippen MR) is 77.7 cm³/mol.